The van der Waals surface area contributed by atoms with Gasteiger partial charge in [0.25, 0.3) is 5.91 Å². The maximum Gasteiger partial charge on any atom is 0.259 e. The molecule has 0 radical (unpaired) electrons. The van der Waals surface area contributed by atoms with Gasteiger partial charge in [0.15, 0.2) is 0 Å². The quantitative estimate of drug-likeness (QED) is 0.771. The summed E-state index contributed by atoms with van der Waals surface area (Å²) in [5.41, 5.74) is 7.93. The Morgan fingerprint density at radius 2 is 2.12 bits per heavy atom. The van der Waals surface area contributed by atoms with E-state index in [-0.39, 0.29) is 5.91 Å². The van der Waals surface area contributed by atoms with Crippen LogP contribution in [0.1, 0.15) is 61.1 Å². The van der Waals surface area contributed by atoms with E-state index in [0.29, 0.717) is 30.7 Å². The Labute approximate surface area is 148 Å². The van der Waals surface area contributed by atoms with Crippen molar-refractivity contribution < 1.29 is 9.53 Å². The van der Waals surface area contributed by atoms with Gasteiger partial charge in [-0.15, -0.1) is 0 Å². The second kappa shape index (κ2) is 7.70. The first kappa shape index (κ1) is 17.5. The smallest absolute Gasteiger partial charge is 0.259 e. The predicted molar refractivity (Wildman–Crippen MR) is 98.1 cm³/mol. The summed E-state index contributed by atoms with van der Waals surface area (Å²) in [5, 5.41) is 7.45. The molecule has 25 heavy (non-hydrogen) atoms. The molecule has 1 saturated carbocycles. The molecular weight excluding hydrogens is 316 g/mol. The van der Waals surface area contributed by atoms with Crippen molar-refractivity contribution in [1.29, 1.82) is 0 Å². The molecule has 1 atom stereocenters. The Bertz CT molecular complexity index is 720. The van der Waals surface area contributed by atoms with Gasteiger partial charge in [-0.2, -0.15) is 5.10 Å². The Balaban J connectivity index is 1.74. The van der Waals surface area contributed by atoms with Crippen LogP contribution < -0.4 is 15.8 Å². The van der Waals surface area contributed by atoms with Crippen molar-refractivity contribution in [2.24, 2.45) is 5.73 Å². The van der Waals surface area contributed by atoms with Gasteiger partial charge in [0, 0.05) is 24.2 Å². The molecule has 1 aromatic heterocycles. The summed E-state index contributed by atoms with van der Waals surface area (Å²) < 4.78 is 7.47. The van der Waals surface area contributed by atoms with Crippen molar-refractivity contribution >= 4 is 11.6 Å². The third kappa shape index (κ3) is 4.02. The monoisotopic (exact) mass is 342 g/mol. The molecule has 0 spiro atoms. The molecular formula is C19H26N4O2. The minimum Gasteiger partial charge on any atom is -0.492 e. The van der Waals surface area contributed by atoms with E-state index in [1.807, 2.05) is 28.9 Å². The van der Waals surface area contributed by atoms with Crippen LogP contribution in [0.2, 0.25) is 0 Å². The normalized spacial score (nSPS) is 15.0. The Morgan fingerprint density at radius 1 is 1.40 bits per heavy atom. The minimum atomic E-state index is -0.105. The number of carbonyl (C=O) groups excluding carboxylic acids is 1. The fourth-order valence-corrected chi connectivity index (χ4v) is 2.84. The van der Waals surface area contributed by atoms with Gasteiger partial charge in [-0.25, -0.2) is 0 Å². The summed E-state index contributed by atoms with van der Waals surface area (Å²) in [7, 11) is 0. The molecule has 1 aliphatic carbocycles. The molecule has 0 bridgehead atoms. The zero-order chi connectivity index (χ0) is 17.8. The first-order valence-corrected chi connectivity index (χ1v) is 8.95. The van der Waals surface area contributed by atoms with E-state index in [0.717, 1.165) is 36.4 Å². The van der Waals surface area contributed by atoms with Gasteiger partial charge in [-0.1, -0.05) is 6.92 Å². The van der Waals surface area contributed by atoms with Crippen LogP contribution in [0.5, 0.6) is 5.75 Å². The molecule has 3 rings (SSSR count). The first-order chi connectivity index (χ1) is 12.1. The van der Waals surface area contributed by atoms with E-state index in [1.165, 1.54) is 0 Å². The maximum atomic E-state index is 12.7. The van der Waals surface area contributed by atoms with Crippen LogP contribution in [0.4, 0.5) is 5.69 Å². The molecule has 3 N–H and O–H groups in total. The number of nitrogens with one attached hydrogen (secondary N) is 1. The van der Waals surface area contributed by atoms with Crippen molar-refractivity contribution in [1.82, 2.24) is 9.78 Å². The van der Waals surface area contributed by atoms with E-state index < -0.39 is 0 Å². The molecule has 6 heteroatoms. The van der Waals surface area contributed by atoms with Crippen molar-refractivity contribution in [2.75, 3.05) is 18.5 Å². The number of hydrogen-bond acceptors (Lipinski definition) is 4. The largest absolute Gasteiger partial charge is 0.492 e. The number of carbonyl (C=O) groups is 1. The lowest BCUT2D eigenvalue weighted by molar-refractivity contribution is 0.102. The van der Waals surface area contributed by atoms with Crippen LogP contribution in [-0.2, 0) is 0 Å². The highest BCUT2D eigenvalue weighted by atomic mass is 16.5. The van der Waals surface area contributed by atoms with Crippen LogP contribution in [0.3, 0.4) is 0 Å². The lowest BCUT2D eigenvalue weighted by Gasteiger charge is -2.14. The number of nitrogens with zero attached hydrogens (tertiary/aromatic N) is 2. The molecule has 6 nitrogen and oxygen atoms in total. The zero-order valence-corrected chi connectivity index (χ0v) is 14.9. The van der Waals surface area contributed by atoms with Crippen LogP contribution in [0.15, 0.2) is 30.5 Å². The third-order valence-corrected chi connectivity index (χ3v) is 4.55. The molecule has 1 fully saturated rings. The molecule has 1 aromatic carbocycles. The van der Waals surface area contributed by atoms with Crippen LogP contribution in [0.25, 0.3) is 0 Å². The highest BCUT2D eigenvalue weighted by Crippen LogP contribution is 2.42. The summed E-state index contributed by atoms with van der Waals surface area (Å²) in [6.07, 6.45) is 4.96. The predicted octanol–water partition coefficient (Wildman–Crippen LogP) is 3.32. The van der Waals surface area contributed by atoms with Gasteiger partial charge in [-0.3, -0.25) is 9.48 Å². The average molecular weight is 342 g/mol. The van der Waals surface area contributed by atoms with Crippen molar-refractivity contribution in [2.45, 2.75) is 45.1 Å². The van der Waals surface area contributed by atoms with Crippen molar-refractivity contribution in [3.05, 3.63) is 41.7 Å². The zero-order valence-electron chi connectivity index (χ0n) is 14.9. The van der Waals surface area contributed by atoms with E-state index in [4.69, 9.17) is 10.5 Å². The molecule has 1 aliphatic rings. The summed E-state index contributed by atoms with van der Waals surface area (Å²) >= 11 is 0. The molecule has 1 amide bonds. The van der Waals surface area contributed by atoms with Crippen molar-refractivity contribution in [3.63, 3.8) is 0 Å². The van der Waals surface area contributed by atoms with Gasteiger partial charge in [0.1, 0.15) is 12.4 Å². The fraction of sp³-hybridized carbons (Fsp3) is 0.474. The number of aromatic nitrogens is 2. The maximum absolute atomic E-state index is 12.7. The molecule has 134 valence electrons. The van der Waals surface area contributed by atoms with E-state index in [2.05, 4.69) is 24.3 Å². The molecule has 0 aliphatic heterocycles. The summed E-state index contributed by atoms with van der Waals surface area (Å²) in [6, 6.07) is 7.63. The standard InChI is InChI=1S/C19H26N4O2/c1-3-13(2)23-18(14-4-5-14)17(12-21-23)19(24)22-15-6-8-16(9-7-15)25-11-10-20/h6-9,12-14H,3-5,10-11,20H2,1-2H3,(H,22,24). The third-order valence-electron chi connectivity index (χ3n) is 4.55. The Hall–Kier alpha value is -2.34. The molecule has 0 saturated heterocycles. The highest BCUT2D eigenvalue weighted by Gasteiger charge is 2.33. The second-order valence-corrected chi connectivity index (χ2v) is 6.54. The van der Waals surface area contributed by atoms with Crippen LogP contribution in [0, 0.1) is 0 Å². The van der Waals surface area contributed by atoms with Gasteiger partial charge < -0.3 is 15.8 Å². The minimum absolute atomic E-state index is 0.105. The first-order valence-electron chi connectivity index (χ1n) is 8.95. The number of amides is 1. The lowest BCUT2D eigenvalue weighted by Crippen LogP contribution is -2.16. The van der Waals surface area contributed by atoms with Crippen LogP contribution in [-0.4, -0.2) is 28.8 Å². The van der Waals surface area contributed by atoms with Crippen molar-refractivity contribution in [3.8, 4) is 5.75 Å². The van der Waals surface area contributed by atoms with Crippen LogP contribution >= 0.6 is 0 Å². The highest BCUT2D eigenvalue weighted by molar-refractivity contribution is 6.05. The number of anilines is 1. The number of hydrogen-bond donors (Lipinski definition) is 2. The van der Waals surface area contributed by atoms with Gasteiger partial charge in [-0.05, 0) is 50.5 Å². The summed E-state index contributed by atoms with van der Waals surface area (Å²) in [6.45, 7) is 5.23. The van der Waals surface area contributed by atoms with E-state index in [1.54, 1.807) is 6.20 Å². The number of nitrogens with two attached hydrogens (primary N) is 1. The fourth-order valence-electron chi connectivity index (χ4n) is 2.84. The van der Waals surface area contributed by atoms with Gasteiger partial charge in [0.2, 0.25) is 0 Å². The number of benzene rings is 1. The number of rotatable bonds is 8. The SMILES string of the molecule is CCC(C)n1ncc(C(=O)Nc2ccc(OCCN)cc2)c1C1CC1. The summed E-state index contributed by atoms with van der Waals surface area (Å²) in [4.78, 5) is 12.7. The molecule has 1 unspecified atom stereocenters. The summed E-state index contributed by atoms with van der Waals surface area (Å²) in [5.74, 6) is 1.10. The van der Waals surface area contributed by atoms with Gasteiger partial charge in [0.05, 0.1) is 17.5 Å². The van der Waals surface area contributed by atoms with E-state index >= 15 is 0 Å². The average Bonchev–Trinajstić information content (AvgIpc) is 3.38. The van der Waals surface area contributed by atoms with Gasteiger partial charge >= 0.3 is 0 Å². The number of ether oxygens (including phenoxy) is 1. The van der Waals surface area contributed by atoms with E-state index in [9.17, 15) is 4.79 Å². The topological polar surface area (TPSA) is 82.2 Å². The Kier molecular flexibility index (Phi) is 5.38. The molecule has 2 aromatic rings. The Morgan fingerprint density at radius 3 is 2.72 bits per heavy atom. The second-order valence-electron chi connectivity index (χ2n) is 6.54. The lowest BCUT2D eigenvalue weighted by atomic mass is 10.1. The molecule has 1 heterocycles.